The van der Waals surface area contributed by atoms with Crippen molar-refractivity contribution in [1.82, 2.24) is 34.9 Å². The van der Waals surface area contributed by atoms with Gasteiger partial charge in [-0.05, 0) is 57.0 Å². The summed E-state index contributed by atoms with van der Waals surface area (Å²) in [7, 11) is 5.89. The topological polar surface area (TPSA) is 111 Å². The molecule has 4 aromatic rings. The molecule has 1 fully saturated rings. The molecule has 0 bridgehead atoms. The van der Waals surface area contributed by atoms with Crippen molar-refractivity contribution in [3.8, 4) is 5.75 Å². The van der Waals surface area contributed by atoms with E-state index in [0.29, 0.717) is 34.2 Å². The van der Waals surface area contributed by atoms with Crippen LogP contribution in [0, 0.1) is 6.92 Å². The number of aryl methyl sites for hydroxylation is 1. The number of aromatic nitrogens is 5. The fourth-order valence-electron chi connectivity index (χ4n) is 4.26. The molecule has 0 unspecified atom stereocenters. The summed E-state index contributed by atoms with van der Waals surface area (Å²) >= 11 is 3.21. The molecule has 1 saturated heterocycles. The minimum Gasteiger partial charge on any atom is -0.490 e. The maximum absolute atomic E-state index is 5.88. The number of anilines is 3. The summed E-state index contributed by atoms with van der Waals surface area (Å²) in [6, 6.07) is 10.3. The largest absolute Gasteiger partial charge is 0.490 e. The first-order valence-corrected chi connectivity index (χ1v) is 14.9. The zero-order chi connectivity index (χ0) is 27.9. The third-order valence-corrected chi connectivity index (χ3v) is 8.27. The summed E-state index contributed by atoms with van der Waals surface area (Å²) in [6.07, 6.45) is 3.26. The molecule has 0 radical (unpaired) electrons. The van der Waals surface area contributed by atoms with Crippen molar-refractivity contribution in [3.05, 3.63) is 54.4 Å². The lowest BCUT2D eigenvalue weighted by Gasteiger charge is -2.36. The average Bonchev–Trinajstić information content (AvgIpc) is 3.63. The summed E-state index contributed by atoms with van der Waals surface area (Å²) in [6.45, 7) is 7.73. The van der Waals surface area contributed by atoms with Gasteiger partial charge in [-0.25, -0.2) is 15.0 Å². The number of benzene rings is 1. The first-order chi connectivity index (χ1) is 19.5. The molecule has 0 spiro atoms. The van der Waals surface area contributed by atoms with E-state index >= 15 is 0 Å². The van der Waals surface area contributed by atoms with Crippen molar-refractivity contribution in [2.24, 2.45) is 0 Å². The van der Waals surface area contributed by atoms with Gasteiger partial charge >= 0.3 is 0 Å². The van der Waals surface area contributed by atoms with E-state index < -0.39 is 0 Å². The van der Waals surface area contributed by atoms with Crippen LogP contribution in [0.4, 0.5) is 17.5 Å². The van der Waals surface area contributed by atoms with Gasteiger partial charge in [-0.1, -0.05) is 0 Å². The standard InChI is InChI=1S/C27H35N9O2S2/c1-19-17-22(33-32-19)29-25-24(37-4)26(36-14-12-35(13-15-36)11-10-34(2)3)31-27(30-25)40-21-7-5-20(6-8-21)39-18-23-28-9-16-38-23/h5-9,16-17H,10-15,18H2,1-4H3,(H2,29,30,31,32,33). The normalized spacial score (nSPS) is 14.2. The summed E-state index contributed by atoms with van der Waals surface area (Å²) in [5, 5.41) is 11.3. The van der Waals surface area contributed by atoms with Crippen LogP contribution in [0.25, 0.3) is 0 Å². The number of nitrogens with one attached hydrogen (secondary N) is 2. The van der Waals surface area contributed by atoms with Gasteiger partial charge in [0, 0.05) is 60.8 Å². The highest BCUT2D eigenvalue weighted by molar-refractivity contribution is 7.99. The number of thioether (sulfide) groups is 1. The van der Waals surface area contributed by atoms with Gasteiger partial charge in [-0.15, -0.1) is 11.8 Å². The molecule has 2 N–H and O–H groups in total. The molecule has 1 aromatic carbocycles. The number of ether oxygens (including phenoxy) is 1. The van der Waals surface area contributed by atoms with E-state index in [1.807, 2.05) is 13.0 Å². The lowest BCUT2D eigenvalue weighted by molar-refractivity contribution is 0.228. The molecular weight excluding hydrogens is 546 g/mol. The number of likely N-dealkylation sites (N-methyl/N-ethyl adjacent to an activating group) is 1. The van der Waals surface area contributed by atoms with E-state index in [-0.39, 0.29) is 0 Å². The van der Waals surface area contributed by atoms with E-state index in [9.17, 15) is 0 Å². The Kier molecular flexibility index (Phi) is 9.47. The Morgan fingerprint density at radius 1 is 1.10 bits per heavy atom. The van der Waals surface area contributed by atoms with Crippen LogP contribution in [-0.2, 0) is 5.75 Å². The van der Waals surface area contributed by atoms with E-state index in [4.69, 9.17) is 19.1 Å². The van der Waals surface area contributed by atoms with Crippen LogP contribution >= 0.6 is 23.5 Å². The highest BCUT2D eigenvalue weighted by atomic mass is 32.2. The molecule has 13 heteroatoms. The molecular formula is C27H35N9O2S2. The number of H-pyrrole nitrogens is 1. The minimum atomic E-state index is 0.592. The van der Waals surface area contributed by atoms with E-state index in [1.54, 1.807) is 31.3 Å². The molecule has 40 heavy (non-hydrogen) atoms. The fourth-order valence-corrected chi connectivity index (χ4v) is 5.77. The monoisotopic (exact) mass is 581 g/mol. The molecule has 212 valence electrons. The van der Waals surface area contributed by atoms with Crippen molar-refractivity contribution < 1.29 is 9.15 Å². The molecule has 4 heterocycles. The van der Waals surface area contributed by atoms with Gasteiger partial charge in [0.15, 0.2) is 22.6 Å². The molecule has 3 aromatic heterocycles. The maximum atomic E-state index is 5.88. The van der Waals surface area contributed by atoms with Crippen molar-refractivity contribution in [2.75, 3.05) is 70.7 Å². The summed E-state index contributed by atoms with van der Waals surface area (Å²) in [5.74, 6) is 4.08. The van der Waals surface area contributed by atoms with Gasteiger partial charge < -0.3 is 24.3 Å². The van der Waals surface area contributed by atoms with Crippen LogP contribution in [0.1, 0.15) is 11.6 Å². The lowest BCUT2D eigenvalue weighted by Crippen LogP contribution is -2.48. The highest BCUT2D eigenvalue weighted by Crippen LogP contribution is 2.38. The minimum absolute atomic E-state index is 0.592. The Morgan fingerprint density at radius 3 is 2.52 bits per heavy atom. The average molecular weight is 582 g/mol. The van der Waals surface area contributed by atoms with Crippen molar-refractivity contribution in [2.45, 2.75) is 27.6 Å². The van der Waals surface area contributed by atoms with Crippen LogP contribution < -0.4 is 15.0 Å². The van der Waals surface area contributed by atoms with Crippen LogP contribution in [0.2, 0.25) is 0 Å². The van der Waals surface area contributed by atoms with Crippen LogP contribution in [0.3, 0.4) is 0 Å². The summed E-state index contributed by atoms with van der Waals surface area (Å²) in [4.78, 5) is 23.2. The number of oxazole rings is 1. The predicted molar refractivity (Wildman–Crippen MR) is 159 cm³/mol. The Balaban J connectivity index is 1.35. The first kappa shape index (κ1) is 28.3. The second-order valence-electron chi connectivity index (χ2n) is 9.69. The zero-order valence-electron chi connectivity index (χ0n) is 23.3. The van der Waals surface area contributed by atoms with Crippen molar-refractivity contribution in [3.63, 3.8) is 0 Å². The SMILES string of the molecule is COc1c(Nc2cc(C)[nH]n2)nc(Sc2ccc(SCc3ncco3)cc2)nc1N1CCN(CCN(C)C)CC1. The van der Waals surface area contributed by atoms with Crippen LogP contribution in [-0.4, -0.2) is 95.4 Å². The third kappa shape index (κ3) is 7.47. The third-order valence-electron chi connectivity index (χ3n) is 6.40. The first-order valence-electron chi connectivity index (χ1n) is 13.1. The molecule has 1 aliphatic rings. The van der Waals surface area contributed by atoms with E-state index in [0.717, 1.165) is 60.6 Å². The van der Waals surface area contributed by atoms with Gasteiger partial charge in [0.2, 0.25) is 11.6 Å². The van der Waals surface area contributed by atoms with Crippen molar-refractivity contribution in [1.29, 1.82) is 0 Å². The fraction of sp³-hybridized carbons (Fsp3) is 0.407. The Morgan fingerprint density at radius 2 is 1.88 bits per heavy atom. The summed E-state index contributed by atoms with van der Waals surface area (Å²) < 4.78 is 11.2. The maximum Gasteiger partial charge on any atom is 0.204 e. The van der Waals surface area contributed by atoms with Crippen molar-refractivity contribution >= 4 is 41.0 Å². The van der Waals surface area contributed by atoms with Gasteiger partial charge in [0.1, 0.15) is 6.26 Å². The van der Waals surface area contributed by atoms with Gasteiger partial charge in [-0.2, -0.15) is 5.10 Å². The molecule has 5 rings (SSSR count). The lowest BCUT2D eigenvalue weighted by atomic mass is 10.3. The molecule has 1 aliphatic heterocycles. The smallest absolute Gasteiger partial charge is 0.204 e. The number of piperazine rings is 1. The number of hydrogen-bond donors (Lipinski definition) is 2. The predicted octanol–water partition coefficient (Wildman–Crippen LogP) is 4.38. The molecule has 0 atom stereocenters. The van der Waals surface area contributed by atoms with Gasteiger partial charge in [0.25, 0.3) is 0 Å². The number of hydrogen-bond acceptors (Lipinski definition) is 12. The quantitative estimate of drug-likeness (QED) is 0.183. The molecule has 0 aliphatic carbocycles. The highest BCUT2D eigenvalue weighted by Gasteiger charge is 2.25. The Labute approximate surface area is 243 Å². The number of nitrogens with zero attached hydrogens (tertiary/aromatic N) is 7. The van der Waals surface area contributed by atoms with Gasteiger partial charge in [-0.3, -0.25) is 10.00 Å². The van der Waals surface area contributed by atoms with E-state index in [1.165, 1.54) is 11.8 Å². The Hall–Kier alpha value is -3.26. The number of rotatable bonds is 12. The van der Waals surface area contributed by atoms with Crippen LogP contribution in [0.5, 0.6) is 5.75 Å². The number of methoxy groups -OCH3 is 1. The van der Waals surface area contributed by atoms with Crippen LogP contribution in [0.15, 0.2) is 62.2 Å². The molecule has 0 saturated carbocycles. The summed E-state index contributed by atoms with van der Waals surface area (Å²) in [5.41, 5.74) is 0.958. The number of aromatic amines is 1. The Bertz CT molecular complexity index is 1360. The molecule has 11 nitrogen and oxygen atoms in total. The second-order valence-corrected chi connectivity index (χ2v) is 11.8. The van der Waals surface area contributed by atoms with E-state index in [2.05, 4.69) is 73.6 Å². The zero-order valence-corrected chi connectivity index (χ0v) is 24.9. The van der Waals surface area contributed by atoms with Gasteiger partial charge in [0.05, 0.1) is 19.1 Å². The second kappa shape index (κ2) is 13.4. The molecule has 0 amide bonds.